The molecule has 2 atom stereocenters. The summed E-state index contributed by atoms with van der Waals surface area (Å²) in [5.41, 5.74) is 1.24. The molecular weight excluding hydrogens is 558 g/mol. The summed E-state index contributed by atoms with van der Waals surface area (Å²) < 4.78 is 11.9. The normalized spacial score (nSPS) is 22.0. The number of carbonyl (C=O) groups is 1. The summed E-state index contributed by atoms with van der Waals surface area (Å²) in [5, 5.41) is 23.3. The Morgan fingerprint density at radius 1 is 1.20 bits per heavy atom. The number of methoxy groups -OCH3 is 1. The predicted molar refractivity (Wildman–Crippen MR) is 168 cm³/mol. The minimum atomic E-state index is -1.68. The van der Waals surface area contributed by atoms with Crippen LogP contribution in [0.1, 0.15) is 30.5 Å². The molecule has 1 aromatic heterocycles. The van der Waals surface area contributed by atoms with Gasteiger partial charge in [0.05, 0.1) is 38.4 Å². The molecule has 4 heterocycles. The quantitative estimate of drug-likeness (QED) is 0.388. The van der Waals surface area contributed by atoms with Crippen molar-refractivity contribution in [2.75, 3.05) is 63.3 Å². The zero-order chi connectivity index (χ0) is 30.8. The molecule has 3 aliphatic rings. The third kappa shape index (κ3) is 5.63. The maximum Gasteiger partial charge on any atom is 0.318 e. The van der Waals surface area contributed by atoms with Gasteiger partial charge in [-0.05, 0) is 50.4 Å². The lowest BCUT2D eigenvalue weighted by Gasteiger charge is -2.47. The van der Waals surface area contributed by atoms with Gasteiger partial charge in [0.1, 0.15) is 18.2 Å². The summed E-state index contributed by atoms with van der Waals surface area (Å²) in [6, 6.07) is 15.0. The minimum absolute atomic E-state index is 0.0403. The monoisotopic (exact) mass is 597 g/mol. The third-order valence-corrected chi connectivity index (χ3v) is 9.13. The van der Waals surface area contributed by atoms with E-state index in [0.29, 0.717) is 44.0 Å². The lowest BCUT2D eigenvalue weighted by Crippen LogP contribution is -2.64. The number of nitriles is 1. The van der Waals surface area contributed by atoms with E-state index in [9.17, 15) is 15.2 Å². The molecule has 11 heteroatoms. The largest absolute Gasteiger partial charge is 0.497 e. The second-order valence-corrected chi connectivity index (χ2v) is 11.8. The van der Waals surface area contributed by atoms with Crippen LogP contribution in [0, 0.1) is 11.3 Å². The molecule has 2 saturated heterocycles. The number of hydrogen-bond donors (Lipinski definition) is 1. The standard InChI is InChI=1S/C33H39N7O4/c1-4-30(41)40-17-16-39(22-33(40,42)12-13-34)31-27-11-15-38(29-19-25(43-3)18-23-8-5-6-10-26(23)29)20-28(27)35-32(36-31)44-21-24-9-7-14-37(24)2/h4-6,8,10,18-19,24,42H,1,7,9,11-12,14-17,20-22H2,2-3H3/t24-,33-/m0/s1. The maximum atomic E-state index is 12.6. The summed E-state index contributed by atoms with van der Waals surface area (Å²) in [6.07, 6.45) is 3.81. The second-order valence-electron chi connectivity index (χ2n) is 11.8. The molecule has 0 bridgehead atoms. The van der Waals surface area contributed by atoms with Crippen LogP contribution < -0.4 is 19.3 Å². The van der Waals surface area contributed by atoms with Gasteiger partial charge in [-0.25, -0.2) is 0 Å². The van der Waals surface area contributed by atoms with Crippen LogP contribution in [0.25, 0.3) is 10.8 Å². The number of likely N-dealkylation sites (N-methyl/N-ethyl adjacent to an activating group) is 1. The van der Waals surface area contributed by atoms with Crippen LogP contribution in [-0.2, 0) is 17.8 Å². The molecule has 3 aliphatic heterocycles. The number of aromatic nitrogens is 2. The highest BCUT2D eigenvalue weighted by molar-refractivity contribution is 5.96. The first-order chi connectivity index (χ1) is 21.3. The minimum Gasteiger partial charge on any atom is -0.497 e. The number of anilines is 2. The van der Waals surface area contributed by atoms with Gasteiger partial charge in [-0.3, -0.25) is 4.79 Å². The zero-order valence-electron chi connectivity index (χ0n) is 25.4. The maximum absolute atomic E-state index is 12.6. The molecule has 44 heavy (non-hydrogen) atoms. The van der Waals surface area contributed by atoms with Gasteiger partial charge in [0.2, 0.25) is 5.91 Å². The first-order valence-corrected chi connectivity index (χ1v) is 15.2. The number of rotatable bonds is 8. The first-order valence-electron chi connectivity index (χ1n) is 15.2. The van der Waals surface area contributed by atoms with Gasteiger partial charge in [-0.15, -0.1) is 0 Å². The molecule has 1 N–H and O–H groups in total. The number of β-amino-alcohol motifs (C(OH)–C–C–N with tert-alkyl or cyclic N) is 1. The van der Waals surface area contributed by atoms with Gasteiger partial charge < -0.3 is 34.2 Å². The van der Waals surface area contributed by atoms with E-state index in [-0.39, 0.29) is 19.5 Å². The van der Waals surface area contributed by atoms with Crippen LogP contribution in [0.2, 0.25) is 0 Å². The number of benzene rings is 2. The number of nitrogens with zero attached hydrogens (tertiary/aromatic N) is 7. The Balaban J connectivity index is 1.36. The average Bonchev–Trinajstić information content (AvgIpc) is 3.46. The molecule has 1 amide bonds. The van der Waals surface area contributed by atoms with Crippen molar-refractivity contribution in [1.82, 2.24) is 19.8 Å². The summed E-state index contributed by atoms with van der Waals surface area (Å²) >= 11 is 0. The van der Waals surface area contributed by atoms with E-state index in [1.807, 2.05) is 23.1 Å². The van der Waals surface area contributed by atoms with Gasteiger partial charge in [0.15, 0.2) is 5.72 Å². The van der Waals surface area contributed by atoms with E-state index in [0.717, 1.165) is 59.4 Å². The predicted octanol–water partition coefficient (Wildman–Crippen LogP) is 3.11. The Kier molecular flexibility index (Phi) is 8.29. The molecular formula is C33H39N7O4. The molecule has 0 unspecified atom stereocenters. The fraction of sp³-hybridized carbons (Fsp3) is 0.455. The van der Waals surface area contributed by atoms with Crippen LogP contribution in [-0.4, -0.2) is 96.0 Å². The van der Waals surface area contributed by atoms with E-state index in [2.05, 4.69) is 47.7 Å². The van der Waals surface area contributed by atoms with Gasteiger partial charge in [-0.2, -0.15) is 15.2 Å². The summed E-state index contributed by atoms with van der Waals surface area (Å²) in [6.45, 7) is 7.08. The molecule has 2 aromatic carbocycles. The highest BCUT2D eigenvalue weighted by Gasteiger charge is 2.43. The fourth-order valence-corrected chi connectivity index (χ4v) is 6.71. The van der Waals surface area contributed by atoms with Crippen LogP contribution in [0.15, 0.2) is 49.1 Å². The third-order valence-electron chi connectivity index (χ3n) is 9.13. The number of ether oxygens (including phenoxy) is 2. The van der Waals surface area contributed by atoms with Crippen LogP contribution in [0.4, 0.5) is 11.5 Å². The summed E-state index contributed by atoms with van der Waals surface area (Å²) in [5.74, 6) is 1.07. The fourth-order valence-electron chi connectivity index (χ4n) is 6.71. The van der Waals surface area contributed by atoms with Gasteiger partial charge >= 0.3 is 6.01 Å². The number of hydrogen-bond acceptors (Lipinski definition) is 10. The van der Waals surface area contributed by atoms with Crippen molar-refractivity contribution in [3.8, 4) is 17.8 Å². The molecule has 6 rings (SSSR count). The van der Waals surface area contributed by atoms with E-state index >= 15 is 0 Å². The molecule has 0 spiro atoms. The average molecular weight is 598 g/mol. The van der Waals surface area contributed by atoms with Crippen molar-refractivity contribution in [2.24, 2.45) is 0 Å². The van der Waals surface area contributed by atoms with Crippen molar-refractivity contribution >= 4 is 28.2 Å². The van der Waals surface area contributed by atoms with Crippen LogP contribution in [0.3, 0.4) is 0 Å². The molecule has 11 nitrogen and oxygen atoms in total. The highest BCUT2D eigenvalue weighted by Crippen LogP contribution is 2.37. The molecule has 230 valence electrons. The number of likely N-dealkylation sites (tertiary alicyclic amines) is 1. The highest BCUT2D eigenvalue weighted by atomic mass is 16.5. The smallest absolute Gasteiger partial charge is 0.318 e. The summed E-state index contributed by atoms with van der Waals surface area (Å²) in [7, 11) is 3.79. The Morgan fingerprint density at radius 3 is 2.80 bits per heavy atom. The van der Waals surface area contributed by atoms with E-state index < -0.39 is 11.6 Å². The number of amides is 1. The Morgan fingerprint density at radius 2 is 2.05 bits per heavy atom. The Hall–Kier alpha value is -4.40. The molecule has 0 radical (unpaired) electrons. The second kappa shape index (κ2) is 12.3. The number of carbonyl (C=O) groups excluding carboxylic acids is 1. The SMILES string of the molecule is C=CC(=O)N1CCN(c2nc(OC[C@@H]3CCCN3C)nc3c2CCN(c2cc(OC)cc4ccccc24)C3)C[C@@]1(O)CC#N. The number of aliphatic hydroxyl groups is 1. The van der Waals surface area contributed by atoms with Crippen molar-refractivity contribution < 1.29 is 19.4 Å². The van der Waals surface area contributed by atoms with E-state index in [1.54, 1.807) is 7.11 Å². The van der Waals surface area contributed by atoms with Crippen molar-refractivity contribution in [3.63, 3.8) is 0 Å². The lowest BCUT2D eigenvalue weighted by molar-refractivity contribution is -0.155. The van der Waals surface area contributed by atoms with Gasteiger partial charge in [0, 0.05) is 48.4 Å². The van der Waals surface area contributed by atoms with E-state index in [4.69, 9.17) is 19.4 Å². The van der Waals surface area contributed by atoms with Crippen LogP contribution in [0.5, 0.6) is 11.8 Å². The molecule has 2 fully saturated rings. The topological polar surface area (TPSA) is 118 Å². The van der Waals surface area contributed by atoms with Crippen molar-refractivity contribution in [1.29, 1.82) is 5.26 Å². The summed E-state index contributed by atoms with van der Waals surface area (Å²) in [4.78, 5) is 30.3. The van der Waals surface area contributed by atoms with Crippen LogP contribution >= 0.6 is 0 Å². The van der Waals surface area contributed by atoms with Gasteiger partial charge in [0.25, 0.3) is 0 Å². The lowest BCUT2D eigenvalue weighted by atomic mass is 10.00. The van der Waals surface area contributed by atoms with Crippen molar-refractivity contribution in [2.45, 2.75) is 44.0 Å². The van der Waals surface area contributed by atoms with Gasteiger partial charge in [-0.1, -0.05) is 30.8 Å². The zero-order valence-corrected chi connectivity index (χ0v) is 25.4. The Labute approximate surface area is 257 Å². The van der Waals surface area contributed by atoms with E-state index in [1.165, 1.54) is 11.0 Å². The molecule has 0 saturated carbocycles. The number of piperazine rings is 1. The van der Waals surface area contributed by atoms with Crippen molar-refractivity contribution in [3.05, 3.63) is 60.3 Å². The molecule has 0 aliphatic carbocycles. The first kappa shape index (κ1) is 29.7. The number of fused-ring (bicyclic) bond motifs is 2. The Bertz CT molecular complexity index is 1610. The molecule has 3 aromatic rings.